The van der Waals surface area contributed by atoms with Gasteiger partial charge >= 0.3 is 0 Å². The summed E-state index contributed by atoms with van der Waals surface area (Å²) in [6.07, 6.45) is 3.24. The lowest BCUT2D eigenvalue weighted by Crippen LogP contribution is -2.22. The summed E-state index contributed by atoms with van der Waals surface area (Å²) in [6, 6.07) is 1.96. The number of aliphatic hydroxyl groups excluding tert-OH is 1. The lowest BCUT2D eigenvalue weighted by molar-refractivity contribution is 0.219. The summed E-state index contributed by atoms with van der Waals surface area (Å²) in [7, 11) is 0. The van der Waals surface area contributed by atoms with Crippen LogP contribution in [0, 0.1) is 5.41 Å². The molecule has 0 aromatic carbocycles. The Morgan fingerprint density at radius 2 is 1.81 bits per heavy atom. The van der Waals surface area contributed by atoms with Crippen LogP contribution in [0.5, 0.6) is 0 Å². The van der Waals surface area contributed by atoms with Gasteiger partial charge in [-0.25, -0.2) is 9.97 Å². The summed E-state index contributed by atoms with van der Waals surface area (Å²) < 4.78 is 0. The van der Waals surface area contributed by atoms with E-state index in [2.05, 4.69) is 48.3 Å². The Kier molecular flexibility index (Phi) is 4.71. The Morgan fingerprint density at radius 1 is 1.19 bits per heavy atom. The van der Waals surface area contributed by atoms with E-state index >= 15 is 0 Å². The number of nitrogens with one attached hydrogen (secondary N) is 2. The van der Waals surface area contributed by atoms with Crippen LogP contribution >= 0.6 is 0 Å². The molecular weight excluding hydrogens is 264 g/mol. The van der Waals surface area contributed by atoms with Crippen LogP contribution in [0.25, 0.3) is 0 Å². The monoisotopic (exact) mass is 292 g/mol. The van der Waals surface area contributed by atoms with Crippen LogP contribution in [-0.2, 0) is 5.41 Å². The van der Waals surface area contributed by atoms with E-state index in [4.69, 9.17) is 0 Å². The Morgan fingerprint density at radius 3 is 2.29 bits per heavy atom. The standard InChI is InChI=1S/C16H28N4O/c1-5-8-17-12-9-13(18-10-16(11-21)6-7-16)20-14(19-12)15(2,3)4/h9,21H,5-8,10-11H2,1-4H3,(H2,17,18,19,20). The third kappa shape index (κ3) is 4.30. The Labute approximate surface area is 127 Å². The molecule has 0 bridgehead atoms. The molecule has 0 radical (unpaired) electrons. The molecule has 0 saturated heterocycles. The molecule has 0 aliphatic heterocycles. The molecule has 0 unspecified atom stereocenters. The number of aliphatic hydroxyl groups is 1. The molecule has 1 aromatic rings. The summed E-state index contributed by atoms with van der Waals surface area (Å²) in [5, 5.41) is 16.1. The largest absolute Gasteiger partial charge is 0.396 e. The summed E-state index contributed by atoms with van der Waals surface area (Å²) in [6.45, 7) is 10.4. The van der Waals surface area contributed by atoms with E-state index in [1.165, 1.54) is 0 Å². The quantitative estimate of drug-likeness (QED) is 0.721. The van der Waals surface area contributed by atoms with Crippen molar-refractivity contribution in [3.05, 3.63) is 11.9 Å². The number of nitrogens with zero attached hydrogens (tertiary/aromatic N) is 2. The van der Waals surface area contributed by atoms with E-state index in [0.29, 0.717) is 0 Å². The number of hydrogen-bond acceptors (Lipinski definition) is 5. The average molecular weight is 292 g/mol. The normalized spacial score (nSPS) is 16.6. The van der Waals surface area contributed by atoms with Crippen molar-refractivity contribution in [3.8, 4) is 0 Å². The number of aromatic nitrogens is 2. The molecule has 3 N–H and O–H groups in total. The molecular formula is C16H28N4O. The molecule has 2 rings (SSSR count). The third-order valence-corrected chi connectivity index (χ3v) is 3.89. The molecule has 0 spiro atoms. The SMILES string of the molecule is CCCNc1cc(NCC2(CO)CC2)nc(C(C)(C)C)n1. The van der Waals surface area contributed by atoms with Crippen molar-refractivity contribution >= 4 is 11.6 Å². The highest BCUT2D eigenvalue weighted by atomic mass is 16.3. The summed E-state index contributed by atoms with van der Waals surface area (Å²) in [5.74, 6) is 2.54. The van der Waals surface area contributed by atoms with Gasteiger partial charge in [0.15, 0.2) is 0 Å². The van der Waals surface area contributed by atoms with Crippen molar-refractivity contribution in [1.82, 2.24) is 9.97 Å². The van der Waals surface area contributed by atoms with Gasteiger partial charge in [0.1, 0.15) is 17.5 Å². The highest BCUT2D eigenvalue weighted by Gasteiger charge is 2.41. The van der Waals surface area contributed by atoms with E-state index in [1.54, 1.807) is 0 Å². The van der Waals surface area contributed by atoms with Gasteiger partial charge in [-0.2, -0.15) is 0 Å². The lowest BCUT2D eigenvalue weighted by Gasteiger charge is -2.20. The molecule has 0 amide bonds. The molecule has 1 aromatic heterocycles. The van der Waals surface area contributed by atoms with Gasteiger partial charge in [0.2, 0.25) is 0 Å². The summed E-state index contributed by atoms with van der Waals surface area (Å²) >= 11 is 0. The molecule has 0 atom stereocenters. The van der Waals surface area contributed by atoms with Crippen LogP contribution < -0.4 is 10.6 Å². The molecule has 1 fully saturated rings. The minimum Gasteiger partial charge on any atom is -0.396 e. The van der Waals surface area contributed by atoms with E-state index in [-0.39, 0.29) is 17.4 Å². The minimum absolute atomic E-state index is 0.0733. The molecule has 1 aliphatic rings. The average Bonchev–Trinajstić information content (AvgIpc) is 3.22. The first-order valence-electron chi connectivity index (χ1n) is 7.87. The predicted molar refractivity (Wildman–Crippen MR) is 86.8 cm³/mol. The molecule has 1 heterocycles. The van der Waals surface area contributed by atoms with Crippen molar-refractivity contribution in [2.24, 2.45) is 5.41 Å². The molecule has 1 saturated carbocycles. The van der Waals surface area contributed by atoms with Crippen LogP contribution in [0.2, 0.25) is 0 Å². The first-order chi connectivity index (χ1) is 9.88. The second kappa shape index (κ2) is 6.18. The van der Waals surface area contributed by atoms with Crippen molar-refractivity contribution in [3.63, 3.8) is 0 Å². The maximum atomic E-state index is 9.40. The van der Waals surface area contributed by atoms with E-state index in [1.807, 2.05) is 6.07 Å². The fourth-order valence-electron chi connectivity index (χ4n) is 2.06. The first-order valence-corrected chi connectivity index (χ1v) is 7.87. The van der Waals surface area contributed by atoms with Gasteiger partial charge in [0.25, 0.3) is 0 Å². The fraction of sp³-hybridized carbons (Fsp3) is 0.750. The van der Waals surface area contributed by atoms with Gasteiger partial charge in [0, 0.05) is 30.0 Å². The zero-order valence-corrected chi connectivity index (χ0v) is 13.7. The Balaban J connectivity index is 2.14. The van der Waals surface area contributed by atoms with E-state index in [9.17, 15) is 5.11 Å². The first kappa shape index (κ1) is 16.0. The second-order valence-electron chi connectivity index (χ2n) is 7.15. The van der Waals surface area contributed by atoms with Crippen molar-refractivity contribution in [2.45, 2.75) is 52.4 Å². The fourth-order valence-corrected chi connectivity index (χ4v) is 2.06. The zero-order chi connectivity index (χ0) is 15.5. The van der Waals surface area contributed by atoms with Gasteiger partial charge in [0.05, 0.1) is 6.61 Å². The van der Waals surface area contributed by atoms with E-state index in [0.717, 1.165) is 49.8 Å². The van der Waals surface area contributed by atoms with Crippen LogP contribution in [0.3, 0.4) is 0 Å². The van der Waals surface area contributed by atoms with Crippen molar-refractivity contribution in [1.29, 1.82) is 0 Å². The van der Waals surface area contributed by atoms with Gasteiger partial charge in [-0.05, 0) is 19.3 Å². The maximum absolute atomic E-state index is 9.40. The maximum Gasteiger partial charge on any atom is 0.138 e. The van der Waals surface area contributed by atoms with Crippen molar-refractivity contribution in [2.75, 3.05) is 30.3 Å². The van der Waals surface area contributed by atoms with Crippen LogP contribution in [0.4, 0.5) is 11.6 Å². The van der Waals surface area contributed by atoms with Gasteiger partial charge in [-0.15, -0.1) is 0 Å². The zero-order valence-electron chi connectivity index (χ0n) is 13.7. The highest BCUT2D eigenvalue weighted by Crippen LogP contribution is 2.44. The smallest absolute Gasteiger partial charge is 0.138 e. The van der Waals surface area contributed by atoms with Gasteiger partial charge < -0.3 is 15.7 Å². The predicted octanol–water partition coefficient (Wildman–Crippen LogP) is 2.78. The topological polar surface area (TPSA) is 70.1 Å². The van der Waals surface area contributed by atoms with Crippen LogP contribution in [0.1, 0.15) is 52.8 Å². The van der Waals surface area contributed by atoms with Crippen LogP contribution in [0.15, 0.2) is 6.07 Å². The highest BCUT2D eigenvalue weighted by molar-refractivity contribution is 5.48. The lowest BCUT2D eigenvalue weighted by atomic mass is 9.96. The minimum atomic E-state index is -0.0887. The van der Waals surface area contributed by atoms with Crippen molar-refractivity contribution < 1.29 is 5.11 Å². The molecule has 5 nitrogen and oxygen atoms in total. The Bertz CT molecular complexity index is 478. The number of rotatable bonds is 7. The Hall–Kier alpha value is -1.36. The van der Waals surface area contributed by atoms with Crippen LogP contribution in [-0.4, -0.2) is 34.8 Å². The second-order valence-corrected chi connectivity index (χ2v) is 7.15. The van der Waals surface area contributed by atoms with Gasteiger partial charge in [-0.1, -0.05) is 27.7 Å². The third-order valence-electron chi connectivity index (χ3n) is 3.89. The molecule has 5 heteroatoms. The van der Waals surface area contributed by atoms with Gasteiger partial charge in [-0.3, -0.25) is 0 Å². The molecule has 118 valence electrons. The number of anilines is 2. The summed E-state index contributed by atoms with van der Waals surface area (Å²) in [4.78, 5) is 9.24. The summed E-state index contributed by atoms with van der Waals surface area (Å²) in [5.41, 5.74) is -0.0154. The molecule has 1 aliphatic carbocycles. The van der Waals surface area contributed by atoms with E-state index < -0.39 is 0 Å². The molecule has 21 heavy (non-hydrogen) atoms. The number of hydrogen-bond donors (Lipinski definition) is 3.